The van der Waals surface area contributed by atoms with Crippen molar-refractivity contribution in [3.05, 3.63) is 83.5 Å². The van der Waals surface area contributed by atoms with Crippen molar-refractivity contribution in [2.75, 3.05) is 0 Å². The zero-order valence-electron chi connectivity index (χ0n) is 14.6. The number of sulfone groups is 1. The van der Waals surface area contributed by atoms with Crippen molar-refractivity contribution in [3.63, 3.8) is 0 Å². The fourth-order valence-corrected chi connectivity index (χ4v) is 4.78. The summed E-state index contributed by atoms with van der Waals surface area (Å²) in [4.78, 5) is 3.72. The lowest BCUT2D eigenvalue weighted by molar-refractivity contribution is 0.475. The molecule has 0 saturated carbocycles. The van der Waals surface area contributed by atoms with Gasteiger partial charge in [-0.3, -0.25) is 4.98 Å². The Morgan fingerprint density at radius 3 is 2.41 bits per heavy atom. The van der Waals surface area contributed by atoms with Gasteiger partial charge in [0.2, 0.25) is 9.84 Å². The average molecular weight is 432 g/mol. The molecular weight excluding hydrogens is 420 g/mol. The Morgan fingerprint density at radius 2 is 1.69 bits per heavy atom. The Labute approximate surface area is 170 Å². The molecule has 0 bridgehead atoms. The number of phenols is 1. The van der Waals surface area contributed by atoms with Gasteiger partial charge >= 0.3 is 0 Å². The summed E-state index contributed by atoms with van der Waals surface area (Å²) in [5.41, 5.74) is 0.734. The topological polar surface area (TPSA) is 67.3 Å². The van der Waals surface area contributed by atoms with Crippen LogP contribution in [0.2, 0.25) is 5.02 Å². The van der Waals surface area contributed by atoms with Gasteiger partial charge < -0.3 is 5.11 Å². The zero-order valence-corrected chi connectivity index (χ0v) is 16.2. The maximum absolute atomic E-state index is 14.0. The summed E-state index contributed by atoms with van der Waals surface area (Å²) in [6.07, 6.45) is 1.15. The van der Waals surface area contributed by atoms with Crippen molar-refractivity contribution in [1.29, 1.82) is 0 Å². The Kier molecular flexibility index (Phi) is 4.72. The molecule has 1 aromatic heterocycles. The smallest absolute Gasteiger partial charge is 0.208 e. The molecule has 4 rings (SSSR count). The van der Waals surface area contributed by atoms with Gasteiger partial charge in [0.1, 0.15) is 17.4 Å². The predicted molar refractivity (Wildman–Crippen MR) is 106 cm³/mol. The standard InChI is InChI=1S/C21H12ClF2NO3S/c22-17-10-15(5-7-19(17)26)29(27,28)20-11-25-18-6-4-14(24)9-16(18)21(20)12-2-1-3-13(23)8-12/h1-11,26H. The molecule has 0 fully saturated rings. The molecule has 4 aromatic rings. The van der Waals surface area contributed by atoms with Crippen molar-refractivity contribution < 1.29 is 22.3 Å². The number of hydrogen-bond donors (Lipinski definition) is 1. The van der Waals surface area contributed by atoms with E-state index in [1.54, 1.807) is 0 Å². The molecule has 0 radical (unpaired) electrons. The number of hydrogen-bond acceptors (Lipinski definition) is 4. The van der Waals surface area contributed by atoms with Crippen molar-refractivity contribution in [3.8, 4) is 16.9 Å². The average Bonchev–Trinajstić information content (AvgIpc) is 2.69. The minimum atomic E-state index is -4.18. The van der Waals surface area contributed by atoms with Crippen LogP contribution in [0.3, 0.4) is 0 Å². The van der Waals surface area contributed by atoms with Crippen LogP contribution >= 0.6 is 11.6 Å². The number of halogens is 3. The quantitative estimate of drug-likeness (QED) is 0.473. The number of rotatable bonds is 3. The highest BCUT2D eigenvalue weighted by molar-refractivity contribution is 7.91. The Balaban J connectivity index is 2.09. The van der Waals surface area contributed by atoms with E-state index in [1.807, 2.05) is 0 Å². The van der Waals surface area contributed by atoms with Crippen molar-refractivity contribution in [2.24, 2.45) is 0 Å². The van der Waals surface area contributed by atoms with E-state index >= 15 is 0 Å². The van der Waals surface area contributed by atoms with Crippen molar-refractivity contribution >= 4 is 32.3 Å². The molecule has 0 spiro atoms. The van der Waals surface area contributed by atoms with Crippen LogP contribution in [0.4, 0.5) is 8.78 Å². The summed E-state index contributed by atoms with van der Waals surface area (Å²) in [7, 11) is -4.18. The number of aromatic hydroxyl groups is 1. The molecule has 4 nitrogen and oxygen atoms in total. The first-order chi connectivity index (χ1) is 13.8. The molecule has 0 atom stereocenters. The monoisotopic (exact) mass is 431 g/mol. The summed E-state index contributed by atoms with van der Waals surface area (Å²) in [5.74, 6) is -1.42. The van der Waals surface area contributed by atoms with Gasteiger partial charge in [-0.15, -0.1) is 0 Å². The minimum absolute atomic E-state index is 0.123. The lowest BCUT2D eigenvalue weighted by Crippen LogP contribution is -2.06. The number of aromatic nitrogens is 1. The second-order valence-corrected chi connectivity index (χ2v) is 8.61. The fraction of sp³-hybridized carbons (Fsp3) is 0. The highest BCUT2D eigenvalue weighted by Crippen LogP contribution is 2.38. The van der Waals surface area contributed by atoms with Crippen molar-refractivity contribution in [1.82, 2.24) is 4.98 Å². The summed E-state index contributed by atoms with van der Waals surface area (Å²) in [6.45, 7) is 0. The highest BCUT2D eigenvalue weighted by atomic mass is 35.5. The molecule has 3 aromatic carbocycles. The van der Waals surface area contributed by atoms with Crippen LogP contribution in [0.1, 0.15) is 0 Å². The van der Waals surface area contributed by atoms with E-state index in [-0.39, 0.29) is 37.1 Å². The van der Waals surface area contributed by atoms with Crippen LogP contribution in [0.5, 0.6) is 5.75 Å². The molecular formula is C21H12ClF2NO3S. The van der Waals surface area contributed by atoms with Crippen LogP contribution in [-0.2, 0) is 9.84 Å². The van der Waals surface area contributed by atoms with E-state index in [9.17, 15) is 22.3 Å². The maximum atomic E-state index is 14.0. The number of pyridine rings is 1. The van der Waals surface area contributed by atoms with E-state index in [0.717, 1.165) is 24.4 Å². The molecule has 0 aliphatic heterocycles. The van der Waals surface area contributed by atoms with E-state index in [0.29, 0.717) is 5.52 Å². The predicted octanol–water partition coefficient (Wildman–Crippen LogP) is 5.37. The fourth-order valence-electron chi connectivity index (χ4n) is 3.07. The minimum Gasteiger partial charge on any atom is -0.506 e. The van der Waals surface area contributed by atoms with Gasteiger partial charge in [-0.25, -0.2) is 17.2 Å². The lowest BCUT2D eigenvalue weighted by Gasteiger charge is -2.14. The SMILES string of the molecule is O=S(=O)(c1ccc(O)c(Cl)c1)c1cnc2ccc(F)cc2c1-c1cccc(F)c1. The van der Waals surface area contributed by atoms with E-state index in [1.165, 1.54) is 42.5 Å². The van der Waals surface area contributed by atoms with Gasteiger partial charge in [-0.1, -0.05) is 23.7 Å². The first-order valence-electron chi connectivity index (χ1n) is 8.35. The summed E-state index contributed by atoms with van der Waals surface area (Å²) in [6, 6.07) is 12.6. The van der Waals surface area contributed by atoms with Gasteiger partial charge in [0, 0.05) is 17.1 Å². The van der Waals surface area contributed by atoms with Gasteiger partial charge in [0.15, 0.2) is 0 Å². The summed E-state index contributed by atoms with van der Waals surface area (Å²) in [5, 5.41) is 9.68. The van der Waals surface area contributed by atoms with Crippen LogP contribution < -0.4 is 0 Å². The summed E-state index contributed by atoms with van der Waals surface area (Å²) >= 11 is 5.87. The summed E-state index contributed by atoms with van der Waals surface area (Å²) < 4.78 is 54.5. The normalized spacial score (nSPS) is 11.7. The molecule has 29 heavy (non-hydrogen) atoms. The third-order valence-electron chi connectivity index (χ3n) is 4.43. The van der Waals surface area contributed by atoms with Gasteiger partial charge in [-0.2, -0.15) is 0 Å². The molecule has 1 heterocycles. The zero-order chi connectivity index (χ0) is 20.8. The van der Waals surface area contributed by atoms with E-state index in [4.69, 9.17) is 11.6 Å². The third-order valence-corrected chi connectivity index (χ3v) is 6.49. The maximum Gasteiger partial charge on any atom is 0.208 e. The van der Waals surface area contributed by atoms with Crippen molar-refractivity contribution in [2.45, 2.75) is 9.79 Å². The number of fused-ring (bicyclic) bond motifs is 1. The van der Waals surface area contributed by atoms with Gasteiger partial charge in [0.05, 0.1) is 20.3 Å². The molecule has 0 aliphatic rings. The van der Waals surface area contributed by atoms with Crippen LogP contribution in [0, 0.1) is 11.6 Å². The molecule has 146 valence electrons. The first kappa shape index (κ1) is 19.3. The lowest BCUT2D eigenvalue weighted by atomic mass is 10.0. The first-order valence-corrected chi connectivity index (χ1v) is 10.2. The largest absolute Gasteiger partial charge is 0.506 e. The third kappa shape index (κ3) is 3.43. The van der Waals surface area contributed by atoms with Crippen LogP contribution in [-0.4, -0.2) is 18.5 Å². The second kappa shape index (κ2) is 7.09. The number of benzene rings is 3. The Bertz CT molecular complexity index is 1370. The highest BCUT2D eigenvalue weighted by Gasteiger charge is 2.25. The van der Waals surface area contributed by atoms with Crippen LogP contribution in [0.15, 0.2) is 76.7 Å². The molecule has 0 amide bonds. The molecule has 0 aliphatic carbocycles. The van der Waals surface area contributed by atoms with Gasteiger partial charge in [0.25, 0.3) is 0 Å². The molecule has 1 N–H and O–H groups in total. The van der Waals surface area contributed by atoms with E-state index in [2.05, 4.69) is 4.98 Å². The number of nitrogens with zero attached hydrogens (tertiary/aromatic N) is 1. The molecule has 0 saturated heterocycles. The van der Waals surface area contributed by atoms with Crippen LogP contribution in [0.25, 0.3) is 22.0 Å². The Hall–Kier alpha value is -3.03. The number of phenolic OH excluding ortho intramolecular Hbond substituents is 1. The Morgan fingerprint density at radius 1 is 0.931 bits per heavy atom. The molecule has 0 unspecified atom stereocenters. The van der Waals surface area contributed by atoms with E-state index < -0.39 is 21.5 Å². The second-order valence-electron chi connectivity index (χ2n) is 6.29. The molecule has 8 heteroatoms. The van der Waals surface area contributed by atoms with Gasteiger partial charge in [-0.05, 0) is 54.1 Å².